The predicted octanol–water partition coefficient (Wildman–Crippen LogP) is 5.55. The Balaban J connectivity index is 1.54. The molecule has 0 aliphatic heterocycles. The van der Waals surface area contributed by atoms with Gasteiger partial charge in [0.05, 0.1) is 11.5 Å². The summed E-state index contributed by atoms with van der Waals surface area (Å²) in [6.07, 6.45) is 6.67. The van der Waals surface area contributed by atoms with Gasteiger partial charge in [-0.05, 0) is 74.6 Å². The molecule has 3 aliphatic rings. The van der Waals surface area contributed by atoms with E-state index in [4.69, 9.17) is 0 Å². The van der Waals surface area contributed by atoms with Crippen LogP contribution >= 0.6 is 27.7 Å². The molecular weight excluding hydrogens is 620 g/mol. The highest BCUT2D eigenvalue weighted by Crippen LogP contribution is 2.52. The number of carboxylic acid groups (broad SMARTS) is 1. The maximum absolute atomic E-state index is 14.2. The van der Waals surface area contributed by atoms with Crippen molar-refractivity contribution in [3.63, 3.8) is 0 Å². The first-order chi connectivity index (χ1) is 19.9. The minimum Gasteiger partial charge on any atom is -0.481 e. The minimum atomic E-state index is -1.00. The summed E-state index contributed by atoms with van der Waals surface area (Å²) in [7, 11) is 0. The van der Waals surface area contributed by atoms with E-state index >= 15 is 0 Å². The van der Waals surface area contributed by atoms with Crippen molar-refractivity contribution in [1.29, 1.82) is 0 Å². The van der Waals surface area contributed by atoms with E-state index in [0.717, 1.165) is 41.5 Å². The number of Topliss-reactive ketones (excluding diaryl/α,β-unsaturated/α-hetero) is 2. The number of amides is 2. The Kier molecular flexibility index (Phi) is 10.9. The lowest BCUT2D eigenvalue weighted by Crippen LogP contribution is -2.56. The SMILES string of the molecule is CC(=O)N[C@H](C(=O)N[C@H](C(=O)C1C[C@H](Sc2ccc(Br)cc2)C[C@H]1C(=O)CC1(C(=O)O)CC1)C(C)C)C1CCCCC1. The van der Waals surface area contributed by atoms with E-state index in [-0.39, 0.29) is 46.9 Å². The summed E-state index contributed by atoms with van der Waals surface area (Å²) in [5, 5.41) is 15.5. The number of carboxylic acids is 1. The van der Waals surface area contributed by atoms with Crippen molar-refractivity contribution in [2.45, 2.75) is 107 Å². The molecule has 0 radical (unpaired) electrons. The molecule has 0 saturated heterocycles. The quantitative estimate of drug-likeness (QED) is 0.252. The number of hydrogen-bond acceptors (Lipinski definition) is 6. The molecule has 10 heteroatoms. The molecule has 0 aromatic heterocycles. The summed E-state index contributed by atoms with van der Waals surface area (Å²) in [6.45, 7) is 5.15. The molecule has 0 heterocycles. The molecule has 8 nitrogen and oxygen atoms in total. The van der Waals surface area contributed by atoms with Gasteiger partial charge in [-0.25, -0.2) is 0 Å². The van der Waals surface area contributed by atoms with Crippen LogP contribution in [0.2, 0.25) is 0 Å². The third-order valence-corrected chi connectivity index (χ3v) is 11.1. The number of thioether (sulfide) groups is 1. The van der Waals surface area contributed by atoms with Crippen molar-refractivity contribution in [2.24, 2.45) is 29.1 Å². The number of nitrogens with one attached hydrogen (secondary N) is 2. The van der Waals surface area contributed by atoms with Crippen molar-refractivity contribution in [1.82, 2.24) is 10.6 Å². The number of hydrogen-bond donors (Lipinski definition) is 3. The van der Waals surface area contributed by atoms with Gasteiger partial charge in [0.15, 0.2) is 5.78 Å². The number of carbonyl (C=O) groups excluding carboxylic acids is 4. The van der Waals surface area contributed by atoms with E-state index in [9.17, 15) is 29.1 Å². The Hall–Kier alpha value is -2.20. The van der Waals surface area contributed by atoms with Gasteiger partial charge < -0.3 is 15.7 Å². The van der Waals surface area contributed by atoms with E-state index in [2.05, 4.69) is 26.6 Å². The zero-order valence-electron chi connectivity index (χ0n) is 24.7. The second kappa shape index (κ2) is 14.1. The monoisotopic (exact) mass is 662 g/mol. The average molecular weight is 664 g/mol. The molecule has 1 unspecified atom stereocenters. The topological polar surface area (TPSA) is 130 Å². The highest BCUT2D eigenvalue weighted by Gasteiger charge is 2.54. The third kappa shape index (κ3) is 8.04. The van der Waals surface area contributed by atoms with Crippen molar-refractivity contribution in [3.05, 3.63) is 28.7 Å². The fraction of sp³-hybridized carbons (Fsp3) is 0.656. The molecule has 3 saturated carbocycles. The summed E-state index contributed by atoms with van der Waals surface area (Å²) < 4.78 is 0.962. The van der Waals surface area contributed by atoms with Gasteiger partial charge in [0.25, 0.3) is 0 Å². The van der Waals surface area contributed by atoms with Gasteiger partial charge in [-0.1, -0.05) is 49.0 Å². The molecular formula is C32H43BrN2O6S. The molecule has 230 valence electrons. The minimum absolute atomic E-state index is 0.00642. The molecule has 4 rings (SSSR count). The number of rotatable bonds is 13. The summed E-state index contributed by atoms with van der Waals surface area (Å²) in [5.74, 6) is -3.35. The number of aliphatic carboxylic acids is 1. The van der Waals surface area contributed by atoms with Crippen LogP contribution in [0, 0.1) is 29.1 Å². The van der Waals surface area contributed by atoms with E-state index in [0.29, 0.717) is 25.7 Å². The second-order valence-corrected chi connectivity index (χ2v) is 15.1. The third-order valence-electron chi connectivity index (χ3n) is 9.27. The fourth-order valence-corrected chi connectivity index (χ4v) is 8.22. The lowest BCUT2D eigenvalue weighted by Gasteiger charge is -2.33. The molecule has 1 aromatic rings. The smallest absolute Gasteiger partial charge is 0.310 e. The Morgan fingerprint density at radius 1 is 0.976 bits per heavy atom. The van der Waals surface area contributed by atoms with Gasteiger partial charge in [0.1, 0.15) is 11.8 Å². The molecule has 5 atom stereocenters. The van der Waals surface area contributed by atoms with Crippen LogP contribution in [0.1, 0.15) is 85.0 Å². The van der Waals surface area contributed by atoms with Crippen LogP contribution in [-0.4, -0.2) is 51.8 Å². The van der Waals surface area contributed by atoms with E-state index in [1.54, 1.807) is 11.8 Å². The maximum atomic E-state index is 14.2. The first-order valence-corrected chi connectivity index (χ1v) is 16.9. The van der Waals surface area contributed by atoms with Gasteiger partial charge >= 0.3 is 5.97 Å². The lowest BCUT2D eigenvalue weighted by molar-refractivity contribution is -0.146. The fourth-order valence-electron chi connectivity index (χ4n) is 6.67. The Morgan fingerprint density at radius 2 is 1.60 bits per heavy atom. The summed E-state index contributed by atoms with van der Waals surface area (Å²) in [6, 6.07) is 6.37. The number of carbonyl (C=O) groups is 5. The van der Waals surface area contributed by atoms with E-state index in [1.165, 1.54) is 6.92 Å². The molecule has 2 amide bonds. The summed E-state index contributed by atoms with van der Waals surface area (Å²) in [4.78, 5) is 66.4. The van der Waals surface area contributed by atoms with Crippen molar-refractivity contribution in [3.8, 4) is 0 Å². The molecule has 0 bridgehead atoms. The van der Waals surface area contributed by atoms with Gasteiger partial charge in [-0.2, -0.15) is 0 Å². The molecule has 1 aromatic carbocycles. The largest absolute Gasteiger partial charge is 0.481 e. The number of halogens is 1. The first-order valence-electron chi connectivity index (χ1n) is 15.2. The molecule has 3 aliphatic carbocycles. The number of benzene rings is 1. The van der Waals surface area contributed by atoms with Gasteiger partial charge in [-0.15, -0.1) is 11.8 Å². The zero-order chi connectivity index (χ0) is 30.6. The summed E-state index contributed by atoms with van der Waals surface area (Å²) >= 11 is 5.08. The zero-order valence-corrected chi connectivity index (χ0v) is 27.1. The highest BCUT2D eigenvalue weighted by atomic mass is 79.9. The Morgan fingerprint density at radius 3 is 2.14 bits per heavy atom. The van der Waals surface area contributed by atoms with Gasteiger partial charge in [0, 0.05) is 39.8 Å². The van der Waals surface area contributed by atoms with Crippen LogP contribution in [0.3, 0.4) is 0 Å². The molecule has 3 fully saturated rings. The lowest BCUT2D eigenvalue weighted by atomic mass is 9.79. The Labute approximate surface area is 261 Å². The van der Waals surface area contributed by atoms with Crippen molar-refractivity contribution < 1.29 is 29.1 Å². The second-order valence-electron chi connectivity index (χ2n) is 12.8. The highest BCUT2D eigenvalue weighted by molar-refractivity contribution is 9.10. The summed E-state index contributed by atoms with van der Waals surface area (Å²) in [5.41, 5.74) is -1.00. The van der Waals surface area contributed by atoms with Crippen LogP contribution in [0.4, 0.5) is 0 Å². The Bertz CT molecular complexity index is 1180. The normalized spacial score (nSPS) is 24.9. The standard InChI is InChI=1S/C32H43BrN2O6S/c1-18(2)27(35-30(39)28(34-19(3)36)20-7-5-4-6-8-20)29(38)25-16-23(42-22-11-9-21(33)10-12-22)15-24(25)26(37)17-32(13-14-32)31(40)41/h9-12,18,20,23-25,27-28H,4-8,13-17H2,1-3H3,(H,34,36)(H,35,39)(H,40,41)/t23-,24-,25?,27+,28+/m1/s1. The van der Waals surface area contributed by atoms with Crippen LogP contribution in [-0.2, 0) is 24.0 Å². The molecule has 0 spiro atoms. The van der Waals surface area contributed by atoms with Gasteiger partial charge in [0.2, 0.25) is 11.8 Å². The number of ketones is 2. The first kappa shape index (κ1) is 32.7. The molecule has 3 N–H and O–H groups in total. The molecule has 42 heavy (non-hydrogen) atoms. The van der Waals surface area contributed by atoms with Crippen LogP contribution < -0.4 is 10.6 Å². The predicted molar refractivity (Wildman–Crippen MR) is 165 cm³/mol. The van der Waals surface area contributed by atoms with Crippen molar-refractivity contribution in [2.75, 3.05) is 0 Å². The van der Waals surface area contributed by atoms with Crippen LogP contribution in [0.25, 0.3) is 0 Å². The van der Waals surface area contributed by atoms with Crippen LogP contribution in [0.5, 0.6) is 0 Å². The van der Waals surface area contributed by atoms with Crippen LogP contribution in [0.15, 0.2) is 33.6 Å². The van der Waals surface area contributed by atoms with E-state index in [1.807, 2.05) is 38.1 Å². The van der Waals surface area contributed by atoms with Crippen molar-refractivity contribution >= 4 is 57.0 Å². The maximum Gasteiger partial charge on any atom is 0.310 e. The van der Waals surface area contributed by atoms with Gasteiger partial charge in [-0.3, -0.25) is 24.0 Å². The van der Waals surface area contributed by atoms with E-state index < -0.39 is 35.3 Å². The average Bonchev–Trinajstić information content (AvgIpc) is 3.61.